The Morgan fingerprint density at radius 1 is 1.53 bits per heavy atom. The van der Waals surface area contributed by atoms with Gasteiger partial charge in [-0.05, 0) is 24.5 Å². The molecule has 0 saturated heterocycles. The lowest BCUT2D eigenvalue weighted by atomic mass is 10.1. The lowest BCUT2D eigenvalue weighted by molar-refractivity contribution is 0.0945. The van der Waals surface area contributed by atoms with E-state index in [0.29, 0.717) is 29.9 Å². The largest absolute Gasteiger partial charge is 0.489 e. The number of hydrogen-bond donors (Lipinski definition) is 2. The van der Waals surface area contributed by atoms with Gasteiger partial charge < -0.3 is 15.4 Å². The van der Waals surface area contributed by atoms with Gasteiger partial charge >= 0.3 is 0 Å². The van der Waals surface area contributed by atoms with E-state index in [4.69, 9.17) is 4.74 Å². The summed E-state index contributed by atoms with van der Waals surface area (Å²) < 4.78 is 5.58. The van der Waals surface area contributed by atoms with Gasteiger partial charge in [-0.25, -0.2) is 0 Å². The number of para-hydroxylation sites is 1. The fourth-order valence-electron chi connectivity index (χ4n) is 2.12. The average molecular weight is 232 g/mol. The second-order valence-corrected chi connectivity index (χ2v) is 4.75. The molecule has 1 saturated carbocycles. The van der Waals surface area contributed by atoms with Crippen molar-refractivity contribution in [2.24, 2.45) is 5.92 Å². The highest BCUT2D eigenvalue weighted by Crippen LogP contribution is 2.33. The van der Waals surface area contributed by atoms with Gasteiger partial charge in [-0.3, -0.25) is 4.79 Å². The number of anilines is 1. The Bertz CT molecular complexity index is 459. The highest BCUT2D eigenvalue weighted by atomic mass is 16.5. The van der Waals surface area contributed by atoms with Crippen LogP contribution >= 0.6 is 0 Å². The van der Waals surface area contributed by atoms with Gasteiger partial charge in [0, 0.05) is 12.6 Å². The molecule has 3 rings (SSSR count). The first kappa shape index (κ1) is 10.4. The van der Waals surface area contributed by atoms with Crippen molar-refractivity contribution in [2.45, 2.75) is 19.4 Å². The number of carbonyl (C=O) groups excluding carboxylic acids is 1. The predicted molar refractivity (Wildman–Crippen MR) is 65.5 cm³/mol. The molecule has 1 aromatic rings. The second-order valence-electron chi connectivity index (χ2n) is 4.75. The number of rotatable bonds is 2. The second kappa shape index (κ2) is 3.95. The van der Waals surface area contributed by atoms with E-state index in [1.54, 1.807) is 0 Å². The Balaban J connectivity index is 1.84. The van der Waals surface area contributed by atoms with Crippen LogP contribution in [-0.4, -0.2) is 25.1 Å². The Morgan fingerprint density at radius 2 is 2.35 bits per heavy atom. The van der Waals surface area contributed by atoms with E-state index in [0.717, 1.165) is 18.7 Å². The smallest absolute Gasteiger partial charge is 0.255 e. The van der Waals surface area contributed by atoms with Crippen LogP contribution in [0.3, 0.4) is 0 Å². The summed E-state index contributed by atoms with van der Waals surface area (Å²) in [5.74, 6) is 1.27. The lowest BCUT2D eigenvalue weighted by Gasteiger charge is -2.21. The predicted octanol–water partition coefficient (Wildman–Crippen LogP) is 1.63. The van der Waals surface area contributed by atoms with Crippen LogP contribution in [0, 0.1) is 5.92 Å². The van der Waals surface area contributed by atoms with Gasteiger partial charge in [0.2, 0.25) is 0 Å². The van der Waals surface area contributed by atoms with Crippen LogP contribution in [-0.2, 0) is 0 Å². The van der Waals surface area contributed by atoms with Crippen LogP contribution in [0.5, 0.6) is 5.75 Å². The molecule has 17 heavy (non-hydrogen) atoms. The average Bonchev–Trinajstić information content (AvgIpc) is 3.04. The minimum atomic E-state index is -0.0279. The zero-order chi connectivity index (χ0) is 11.8. The van der Waals surface area contributed by atoms with Crippen LogP contribution in [0.2, 0.25) is 0 Å². The zero-order valence-electron chi connectivity index (χ0n) is 9.82. The normalized spacial score (nSPS) is 25.2. The summed E-state index contributed by atoms with van der Waals surface area (Å²) in [6, 6.07) is 5.97. The summed E-state index contributed by atoms with van der Waals surface area (Å²) in [4.78, 5) is 12.1. The van der Waals surface area contributed by atoms with Crippen molar-refractivity contribution in [2.75, 3.05) is 18.5 Å². The Kier molecular flexibility index (Phi) is 2.42. The third-order valence-electron chi connectivity index (χ3n) is 3.35. The highest BCUT2D eigenvalue weighted by molar-refractivity contribution is 5.99. The van der Waals surface area contributed by atoms with E-state index in [1.165, 1.54) is 0 Å². The Labute approximate surface area is 100 Å². The fourth-order valence-corrected chi connectivity index (χ4v) is 2.12. The molecule has 2 N–H and O–H groups in total. The van der Waals surface area contributed by atoms with Crippen molar-refractivity contribution in [1.82, 2.24) is 5.32 Å². The van der Waals surface area contributed by atoms with Gasteiger partial charge in [0.15, 0.2) is 5.75 Å². The van der Waals surface area contributed by atoms with Crippen LogP contribution in [0.1, 0.15) is 23.7 Å². The number of benzene rings is 1. The van der Waals surface area contributed by atoms with Crippen molar-refractivity contribution < 1.29 is 9.53 Å². The summed E-state index contributed by atoms with van der Waals surface area (Å²) in [5, 5.41) is 6.25. The first-order valence-electron chi connectivity index (χ1n) is 6.06. The summed E-state index contributed by atoms with van der Waals surface area (Å²) in [5.41, 5.74) is 1.54. The van der Waals surface area contributed by atoms with E-state index in [2.05, 4.69) is 17.6 Å². The molecule has 1 fully saturated rings. The van der Waals surface area contributed by atoms with E-state index in [1.807, 2.05) is 18.2 Å². The molecule has 4 heteroatoms. The topological polar surface area (TPSA) is 50.4 Å². The maximum atomic E-state index is 12.1. The molecule has 1 aliphatic carbocycles. The molecule has 1 aromatic carbocycles. The first-order chi connectivity index (χ1) is 8.25. The summed E-state index contributed by atoms with van der Waals surface area (Å²) in [6.07, 6.45) is 1.08. The molecule has 0 aromatic heterocycles. The number of amides is 1. The van der Waals surface area contributed by atoms with E-state index < -0.39 is 0 Å². The molecule has 1 heterocycles. The van der Waals surface area contributed by atoms with Gasteiger partial charge in [0.25, 0.3) is 5.91 Å². The quantitative estimate of drug-likeness (QED) is 0.814. The minimum Gasteiger partial charge on any atom is -0.489 e. The standard InChI is InChI=1S/C13H16N2O2/c1-8-7-11(8)15-13(16)9-3-2-4-10-12(9)17-6-5-14-10/h2-4,8,11,14H,5-7H2,1H3,(H,15,16). The summed E-state index contributed by atoms with van der Waals surface area (Å²) in [6.45, 7) is 3.54. The van der Waals surface area contributed by atoms with Gasteiger partial charge in [-0.2, -0.15) is 0 Å². The van der Waals surface area contributed by atoms with Gasteiger partial charge in [-0.15, -0.1) is 0 Å². The molecule has 0 radical (unpaired) electrons. The Hall–Kier alpha value is -1.71. The van der Waals surface area contributed by atoms with Crippen molar-refractivity contribution in [3.8, 4) is 5.75 Å². The van der Waals surface area contributed by atoms with Crippen LogP contribution < -0.4 is 15.4 Å². The maximum Gasteiger partial charge on any atom is 0.255 e. The van der Waals surface area contributed by atoms with Crippen LogP contribution in [0.15, 0.2) is 18.2 Å². The van der Waals surface area contributed by atoms with E-state index in [9.17, 15) is 4.79 Å². The van der Waals surface area contributed by atoms with Crippen molar-refractivity contribution in [1.29, 1.82) is 0 Å². The van der Waals surface area contributed by atoms with Crippen molar-refractivity contribution in [3.63, 3.8) is 0 Å². The molecule has 1 aliphatic heterocycles. The van der Waals surface area contributed by atoms with Gasteiger partial charge in [-0.1, -0.05) is 13.0 Å². The molecular formula is C13H16N2O2. The highest BCUT2D eigenvalue weighted by Gasteiger charge is 2.34. The SMILES string of the molecule is CC1CC1NC(=O)c1cccc2c1OCCN2. The minimum absolute atomic E-state index is 0.0279. The number of carbonyl (C=O) groups is 1. The molecule has 90 valence electrons. The van der Waals surface area contributed by atoms with E-state index in [-0.39, 0.29) is 5.91 Å². The van der Waals surface area contributed by atoms with Crippen LogP contribution in [0.4, 0.5) is 5.69 Å². The van der Waals surface area contributed by atoms with E-state index >= 15 is 0 Å². The maximum absolute atomic E-state index is 12.1. The van der Waals surface area contributed by atoms with Crippen molar-refractivity contribution in [3.05, 3.63) is 23.8 Å². The van der Waals surface area contributed by atoms with Crippen LogP contribution in [0.25, 0.3) is 0 Å². The molecule has 4 nitrogen and oxygen atoms in total. The zero-order valence-corrected chi connectivity index (χ0v) is 9.82. The van der Waals surface area contributed by atoms with Gasteiger partial charge in [0.05, 0.1) is 11.3 Å². The number of fused-ring (bicyclic) bond motifs is 1. The van der Waals surface area contributed by atoms with Gasteiger partial charge in [0.1, 0.15) is 6.61 Å². The molecule has 1 amide bonds. The molecule has 0 spiro atoms. The molecule has 0 bridgehead atoms. The Morgan fingerprint density at radius 3 is 3.12 bits per heavy atom. The fraction of sp³-hybridized carbons (Fsp3) is 0.462. The molecule has 2 unspecified atom stereocenters. The third kappa shape index (κ3) is 1.95. The number of nitrogens with one attached hydrogen (secondary N) is 2. The summed E-state index contributed by atoms with van der Waals surface area (Å²) >= 11 is 0. The number of hydrogen-bond acceptors (Lipinski definition) is 3. The molecule has 2 aliphatic rings. The van der Waals surface area contributed by atoms with Crippen molar-refractivity contribution >= 4 is 11.6 Å². The lowest BCUT2D eigenvalue weighted by Crippen LogP contribution is -2.28. The molecule has 2 atom stereocenters. The summed E-state index contributed by atoms with van der Waals surface area (Å²) in [7, 11) is 0. The first-order valence-corrected chi connectivity index (χ1v) is 6.06. The third-order valence-corrected chi connectivity index (χ3v) is 3.35. The monoisotopic (exact) mass is 232 g/mol. The number of ether oxygens (including phenoxy) is 1. The molecular weight excluding hydrogens is 216 g/mol.